The Kier molecular flexibility index (Phi) is 4.27. The van der Waals surface area contributed by atoms with Gasteiger partial charge in [-0.15, -0.1) is 0 Å². The van der Waals surface area contributed by atoms with Crippen molar-refractivity contribution in [3.8, 4) is 28.3 Å². The van der Waals surface area contributed by atoms with E-state index in [1.54, 1.807) is 13.4 Å². The van der Waals surface area contributed by atoms with E-state index in [-0.39, 0.29) is 0 Å². The molecule has 0 fully saturated rings. The molecule has 0 aliphatic heterocycles. The van der Waals surface area contributed by atoms with E-state index in [1.807, 2.05) is 42.7 Å². The third-order valence-corrected chi connectivity index (χ3v) is 4.40. The summed E-state index contributed by atoms with van der Waals surface area (Å²) >= 11 is 0. The van der Waals surface area contributed by atoms with Crippen LogP contribution in [-0.2, 0) is 6.54 Å². The van der Waals surface area contributed by atoms with Crippen LogP contribution >= 0.6 is 0 Å². The molecule has 0 spiro atoms. The van der Waals surface area contributed by atoms with E-state index in [0.717, 1.165) is 39.5 Å². The quantitative estimate of drug-likeness (QED) is 0.532. The fourth-order valence-electron chi connectivity index (χ4n) is 3.11. The Bertz CT molecular complexity index is 1010. The van der Waals surface area contributed by atoms with Crippen LogP contribution in [-0.4, -0.2) is 21.8 Å². The van der Waals surface area contributed by atoms with Gasteiger partial charge in [0.1, 0.15) is 17.7 Å². The number of aryl methyl sites for hydroxylation is 1. The Labute approximate surface area is 151 Å². The van der Waals surface area contributed by atoms with E-state index in [4.69, 9.17) is 14.2 Å². The highest BCUT2D eigenvalue weighted by Gasteiger charge is 2.17. The van der Waals surface area contributed by atoms with E-state index in [9.17, 15) is 0 Å². The molecule has 0 aliphatic rings. The summed E-state index contributed by atoms with van der Waals surface area (Å²) in [5.74, 6) is 0.843. The maximum Gasteiger partial charge on any atom is 0.124 e. The summed E-state index contributed by atoms with van der Waals surface area (Å²) in [5.41, 5.74) is 6.18. The van der Waals surface area contributed by atoms with Crippen molar-refractivity contribution in [2.45, 2.75) is 13.5 Å². The zero-order chi connectivity index (χ0) is 17.9. The number of ether oxygens (including phenoxy) is 1. The minimum absolute atomic E-state index is 0.594. The van der Waals surface area contributed by atoms with Gasteiger partial charge in [0.15, 0.2) is 0 Å². The second-order valence-electron chi connectivity index (χ2n) is 6.11. The lowest BCUT2D eigenvalue weighted by molar-refractivity contribution is 0.410. The summed E-state index contributed by atoms with van der Waals surface area (Å²) in [6.45, 7) is 2.68. The van der Waals surface area contributed by atoms with E-state index in [0.29, 0.717) is 6.54 Å². The number of hydrogen-bond acceptors (Lipinski definition) is 4. The molecule has 0 saturated heterocycles. The van der Waals surface area contributed by atoms with Crippen molar-refractivity contribution in [2.75, 3.05) is 7.11 Å². The molecule has 5 nitrogen and oxygen atoms in total. The third kappa shape index (κ3) is 2.99. The first-order valence-electron chi connectivity index (χ1n) is 8.41. The molecular formula is C21H19N3O2. The van der Waals surface area contributed by atoms with Crippen molar-refractivity contribution in [3.05, 3.63) is 78.4 Å². The van der Waals surface area contributed by atoms with Crippen LogP contribution in [0.1, 0.15) is 11.3 Å². The molecule has 130 valence electrons. The van der Waals surface area contributed by atoms with Crippen molar-refractivity contribution in [1.29, 1.82) is 0 Å². The van der Waals surface area contributed by atoms with Crippen LogP contribution in [0.15, 0.2) is 71.7 Å². The SMILES string of the molecule is COc1ccc(-c2c(-c3ccccc3)ncn2Cc2ccon2)c(C)c1. The summed E-state index contributed by atoms with van der Waals surface area (Å²) in [4.78, 5) is 4.70. The summed E-state index contributed by atoms with van der Waals surface area (Å²) in [6, 6.07) is 18.2. The highest BCUT2D eigenvalue weighted by molar-refractivity contribution is 5.80. The minimum Gasteiger partial charge on any atom is -0.497 e. The van der Waals surface area contributed by atoms with Crippen molar-refractivity contribution >= 4 is 0 Å². The average Bonchev–Trinajstić information content (AvgIpc) is 3.33. The standard InChI is InChI=1S/C21H19N3O2/c1-15-12-18(25-2)8-9-19(15)21-20(16-6-4-3-5-7-16)22-14-24(21)13-17-10-11-26-23-17/h3-12,14H,13H2,1-2H3. The predicted molar refractivity (Wildman–Crippen MR) is 100.0 cm³/mol. The maximum atomic E-state index is 5.35. The molecule has 0 atom stereocenters. The van der Waals surface area contributed by atoms with Gasteiger partial charge < -0.3 is 13.8 Å². The molecule has 26 heavy (non-hydrogen) atoms. The molecule has 4 aromatic rings. The molecule has 2 heterocycles. The van der Waals surface area contributed by atoms with E-state index in [2.05, 4.69) is 34.8 Å². The predicted octanol–water partition coefficient (Wildman–Crippen LogP) is 4.57. The monoisotopic (exact) mass is 345 g/mol. The number of aromatic nitrogens is 3. The second-order valence-corrected chi connectivity index (χ2v) is 6.11. The van der Waals surface area contributed by atoms with Gasteiger partial charge in [0, 0.05) is 17.2 Å². The highest BCUT2D eigenvalue weighted by atomic mass is 16.5. The van der Waals surface area contributed by atoms with E-state index in [1.165, 1.54) is 0 Å². The lowest BCUT2D eigenvalue weighted by Gasteiger charge is -2.13. The van der Waals surface area contributed by atoms with Gasteiger partial charge in [-0.05, 0) is 30.7 Å². The van der Waals surface area contributed by atoms with Crippen LogP contribution in [0.2, 0.25) is 0 Å². The fourth-order valence-corrected chi connectivity index (χ4v) is 3.11. The van der Waals surface area contributed by atoms with Gasteiger partial charge in [-0.25, -0.2) is 4.98 Å². The summed E-state index contributed by atoms with van der Waals surface area (Å²) in [5, 5.41) is 4.03. The molecule has 2 aromatic carbocycles. The molecule has 0 N–H and O–H groups in total. The van der Waals surface area contributed by atoms with Gasteiger partial charge in [0.2, 0.25) is 0 Å². The van der Waals surface area contributed by atoms with E-state index < -0.39 is 0 Å². The second kappa shape index (κ2) is 6.88. The van der Waals surface area contributed by atoms with Crippen LogP contribution in [0.4, 0.5) is 0 Å². The van der Waals surface area contributed by atoms with E-state index >= 15 is 0 Å². The maximum absolute atomic E-state index is 5.35. The Balaban J connectivity index is 1.88. The van der Waals surface area contributed by atoms with Gasteiger partial charge in [-0.3, -0.25) is 0 Å². The lowest BCUT2D eigenvalue weighted by atomic mass is 10.0. The Morgan fingerprint density at radius 3 is 2.62 bits per heavy atom. The van der Waals surface area contributed by atoms with Gasteiger partial charge in [-0.2, -0.15) is 0 Å². The van der Waals surface area contributed by atoms with Crippen molar-refractivity contribution in [3.63, 3.8) is 0 Å². The number of methoxy groups -OCH3 is 1. The Morgan fingerprint density at radius 2 is 1.92 bits per heavy atom. The summed E-state index contributed by atoms with van der Waals surface area (Å²) in [6.07, 6.45) is 3.44. The zero-order valence-electron chi connectivity index (χ0n) is 14.7. The first-order valence-corrected chi connectivity index (χ1v) is 8.41. The number of rotatable bonds is 5. The van der Waals surface area contributed by atoms with Crippen LogP contribution < -0.4 is 4.74 Å². The van der Waals surface area contributed by atoms with Gasteiger partial charge in [0.25, 0.3) is 0 Å². The average molecular weight is 345 g/mol. The fraction of sp³-hybridized carbons (Fsp3) is 0.143. The molecule has 0 saturated carbocycles. The van der Waals surface area contributed by atoms with Crippen molar-refractivity contribution < 1.29 is 9.26 Å². The topological polar surface area (TPSA) is 53.1 Å². The third-order valence-electron chi connectivity index (χ3n) is 4.40. The molecule has 0 radical (unpaired) electrons. The largest absolute Gasteiger partial charge is 0.497 e. The molecule has 5 heteroatoms. The first-order chi connectivity index (χ1) is 12.8. The van der Waals surface area contributed by atoms with Crippen molar-refractivity contribution in [2.24, 2.45) is 0 Å². The molecule has 0 aliphatic carbocycles. The van der Waals surface area contributed by atoms with Crippen LogP contribution in [0.25, 0.3) is 22.5 Å². The van der Waals surface area contributed by atoms with Gasteiger partial charge >= 0.3 is 0 Å². The summed E-state index contributed by atoms with van der Waals surface area (Å²) in [7, 11) is 1.68. The van der Waals surface area contributed by atoms with Crippen LogP contribution in [0.3, 0.4) is 0 Å². The van der Waals surface area contributed by atoms with Gasteiger partial charge in [0.05, 0.1) is 31.4 Å². The Hall–Kier alpha value is -3.34. The normalized spacial score (nSPS) is 10.8. The molecule has 0 unspecified atom stereocenters. The number of nitrogens with zero attached hydrogens (tertiary/aromatic N) is 3. The zero-order valence-corrected chi connectivity index (χ0v) is 14.7. The molecule has 4 rings (SSSR count). The Morgan fingerprint density at radius 1 is 1.08 bits per heavy atom. The number of benzene rings is 2. The van der Waals surface area contributed by atoms with Crippen molar-refractivity contribution in [1.82, 2.24) is 14.7 Å². The lowest BCUT2D eigenvalue weighted by Crippen LogP contribution is -2.02. The first kappa shape index (κ1) is 16.1. The van der Waals surface area contributed by atoms with Crippen LogP contribution in [0, 0.1) is 6.92 Å². The minimum atomic E-state index is 0.594. The van der Waals surface area contributed by atoms with Gasteiger partial charge in [-0.1, -0.05) is 35.5 Å². The molecule has 0 amide bonds. The highest BCUT2D eigenvalue weighted by Crippen LogP contribution is 2.34. The molecular weight excluding hydrogens is 326 g/mol. The van der Waals surface area contributed by atoms with Crippen LogP contribution in [0.5, 0.6) is 5.75 Å². The molecule has 0 bridgehead atoms. The molecule has 2 aromatic heterocycles. The number of imidazole rings is 1. The number of hydrogen-bond donors (Lipinski definition) is 0. The summed E-state index contributed by atoms with van der Waals surface area (Å²) < 4.78 is 12.4. The smallest absolute Gasteiger partial charge is 0.124 e.